The number of nitrogens with zero attached hydrogens (tertiary/aromatic N) is 3. The number of H-pyrrole nitrogens is 1. The summed E-state index contributed by atoms with van der Waals surface area (Å²) in [5.41, 5.74) is 2.23. The van der Waals surface area contributed by atoms with Crippen molar-refractivity contribution in [2.24, 2.45) is 0 Å². The summed E-state index contributed by atoms with van der Waals surface area (Å²) in [5, 5.41) is 11.2. The smallest absolute Gasteiger partial charge is 0.191 e. The predicted octanol–water partition coefficient (Wildman–Crippen LogP) is 5.33. The van der Waals surface area contributed by atoms with Gasteiger partial charge in [-0.2, -0.15) is 0 Å². The van der Waals surface area contributed by atoms with Crippen LogP contribution in [0.1, 0.15) is 25.8 Å². The average molecular weight is 421 g/mol. The molecule has 0 atom stereocenters. The fourth-order valence-corrected chi connectivity index (χ4v) is 4.39. The molecule has 4 aromatic rings. The van der Waals surface area contributed by atoms with E-state index in [0.29, 0.717) is 19.3 Å². The summed E-state index contributed by atoms with van der Waals surface area (Å²) in [6.45, 7) is 3.25. The zero-order valence-corrected chi connectivity index (χ0v) is 17.7. The molecule has 0 aliphatic heterocycles. The lowest BCUT2D eigenvalue weighted by Gasteiger charge is -2.09. The van der Waals surface area contributed by atoms with Crippen LogP contribution in [0.15, 0.2) is 59.9 Å². The van der Waals surface area contributed by atoms with E-state index in [1.54, 1.807) is 11.8 Å². The number of aromatic amines is 1. The van der Waals surface area contributed by atoms with Gasteiger partial charge in [0, 0.05) is 34.5 Å². The first-order chi connectivity index (χ1) is 14.8. The molecule has 6 nitrogen and oxygen atoms in total. The monoisotopic (exact) mass is 420 g/mol. The maximum Gasteiger partial charge on any atom is 0.191 e. The van der Waals surface area contributed by atoms with Crippen LogP contribution in [0, 0.1) is 0 Å². The number of aromatic nitrogens is 4. The quantitative estimate of drug-likeness (QED) is 0.293. The Kier molecular flexibility index (Phi) is 5.36. The van der Waals surface area contributed by atoms with Gasteiger partial charge in [-0.25, -0.2) is 0 Å². The summed E-state index contributed by atoms with van der Waals surface area (Å²) in [7, 11) is 0. The predicted molar refractivity (Wildman–Crippen MR) is 119 cm³/mol. The van der Waals surface area contributed by atoms with Gasteiger partial charge in [-0.1, -0.05) is 30.0 Å². The number of fused-ring (bicyclic) bond motifs is 1. The number of ether oxygens (including phenoxy) is 2. The van der Waals surface area contributed by atoms with Crippen LogP contribution in [0.4, 0.5) is 0 Å². The number of benzene rings is 2. The van der Waals surface area contributed by atoms with Crippen molar-refractivity contribution in [3.63, 3.8) is 0 Å². The molecule has 7 heteroatoms. The van der Waals surface area contributed by atoms with Gasteiger partial charge in [0.05, 0.1) is 13.2 Å². The van der Waals surface area contributed by atoms with Crippen molar-refractivity contribution < 1.29 is 9.47 Å². The SMILES string of the molecule is CCOc1ccc(OCCSc2nnc(-c3c[nH]c4ccccc34)n2C2CC2)cc1. The van der Waals surface area contributed by atoms with Gasteiger partial charge in [0.15, 0.2) is 11.0 Å². The fraction of sp³-hybridized carbons (Fsp3) is 0.304. The molecule has 2 aromatic carbocycles. The van der Waals surface area contributed by atoms with E-state index in [1.165, 1.54) is 18.2 Å². The number of thioether (sulfide) groups is 1. The first-order valence-electron chi connectivity index (χ1n) is 10.3. The number of nitrogens with one attached hydrogen (secondary N) is 1. The van der Waals surface area contributed by atoms with E-state index in [-0.39, 0.29) is 0 Å². The highest BCUT2D eigenvalue weighted by atomic mass is 32.2. The Morgan fingerprint density at radius 2 is 1.80 bits per heavy atom. The Bertz CT molecular complexity index is 1130. The minimum Gasteiger partial charge on any atom is -0.494 e. The molecule has 5 rings (SSSR count). The zero-order chi connectivity index (χ0) is 20.3. The van der Waals surface area contributed by atoms with Crippen molar-refractivity contribution in [3.05, 3.63) is 54.7 Å². The minimum absolute atomic E-state index is 0.498. The molecule has 1 saturated carbocycles. The summed E-state index contributed by atoms with van der Waals surface area (Å²) in [6, 6.07) is 16.6. The highest BCUT2D eigenvalue weighted by Gasteiger charge is 2.30. The second kappa shape index (κ2) is 8.44. The average Bonchev–Trinajstić information content (AvgIpc) is 3.39. The van der Waals surface area contributed by atoms with Crippen LogP contribution < -0.4 is 9.47 Å². The molecule has 1 N–H and O–H groups in total. The molecule has 30 heavy (non-hydrogen) atoms. The first kappa shape index (κ1) is 19.1. The maximum absolute atomic E-state index is 5.87. The molecule has 154 valence electrons. The zero-order valence-electron chi connectivity index (χ0n) is 16.9. The Morgan fingerprint density at radius 1 is 1.03 bits per heavy atom. The fourth-order valence-electron chi connectivity index (χ4n) is 3.57. The second-order valence-corrected chi connectivity index (χ2v) is 8.32. The van der Waals surface area contributed by atoms with Crippen LogP contribution in [-0.2, 0) is 0 Å². The number of hydrogen-bond acceptors (Lipinski definition) is 5. The number of para-hydroxylation sites is 1. The van der Waals surface area contributed by atoms with Crippen LogP contribution in [0.3, 0.4) is 0 Å². The Labute approximate surface area is 179 Å². The van der Waals surface area contributed by atoms with E-state index >= 15 is 0 Å². The summed E-state index contributed by atoms with van der Waals surface area (Å²) in [5.74, 6) is 3.47. The molecule has 0 radical (unpaired) electrons. The van der Waals surface area contributed by atoms with Crippen molar-refractivity contribution in [1.29, 1.82) is 0 Å². The van der Waals surface area contributed by atoms with Crippen LogP contribution in [-0.4, -0.2) is 38.7 Å². The maximum atomic E-state index is 5.87. The van der Waals surface area contributed by atoms with Gasteiger partial charge in [-0.15, -0.1) is 10.2 Å². The van der Waals surface area contributed by atoms with Crippen LogP contribution in [0.25, 0.3) is 22.3 Å². The van der Waals surface area contributed by atoms with Crippen molar-refractivity contribution in [1.82, 2.24) is 19.7 Å². The van der Waals surface area contributed by atoms with E-state index in [2.05, 4.69) is 37.9 Å². The topological polar surface area (TPSA) is 65.0 Å². The van der Waals surface area contributed by atoms with E-state index < -0.39 is 0 Å². The molecule has 1 aliphatic rings. The van der Waals surface area contributed by atoms with Crippen molar-refractivity contribution in [3.8, 4) is 22.9 Å². The van der Waals surface area contributed by atoms with E-state index in [4.69, 9.17) is 9.47 Å². The summed E-state index contributed by atoms with van der Waals surface area (Å²) in [4.78, 5) is 3.35. The van der Waals surface area contributed by atoms with Crippen LogP contribution in [0.2, 0.25) is 0 Å². The normalized spacial score (nSPS) is 13.6. The highest BCUT2D eigenvalue weighted by molar-refractivity contribution is 7.99. The molecule has 0 saturated heterocycles. The minimum atomic E-state index is 0.498. The molecule has 0 spiro atoms. The lowest BCUT2D eigenvalue weighted by molar-refractivity contribution is 0.332. The third-order valence-corrected chi connectivity index (χ3v) is 6.03. The molecule has 0 amide bonds. The van der Waals surface area contributed by atoms with E-state index in [9.17, 15) is 0 Å². The number of rotatable bonds is 9. The van der Waals surface area contributed by atoms with Gasteiger partial charge in [0.25, 0.3) is 0 Å². The van der Waals surface area contributed by atoms with Crippen molar-refractivity contribution in [2.75, 3.05) is 19.0 Å². The van der Waals surface area contributed by atoms with Gasteiger partial charge in [0.1, 0.15) is 11.5 Å². The molecule has 2 heterocycles. The summed E-state index contributed by atoms with van der Waals surface area (Å²) < 4.78 is 13.6. The Morgan fingerprint density at radius 3 is 2.57 bits per heavy atom. The lowest BCUT2D eigenvalue weighted by Crippen LogP contribution is -2.03. The molecule has 0 unspecified atom stereocenters. The number of hydrogen-bond donors (Lipinski definition) is 1. The third kappa shape index (κ3) is 3.89. The van der Waals surface area contributed by atoms with Crippen molar-refractivity contribution in [2.45, 2.75) is 31.0 Å². The molecule has 1 aliphatic carbocycles. The van der Waals surface area contributed by atoms with E-state index in [0.717, 1.165) is 39.3 Å². The molecule has 0 bridgehead atoms. The van der Waals surface area contributed by atoms with Gasteiger partial charge in [0.2, 0.25) is 0 Å². The molecule has 2 aromatic heterocycles. The highest BCUT2D eigenvalue weighted by Crippen LogP contribution is 2.42. The Balaban J connectivity index is 1.26. The van der Waals surface area contributed by atoms with Gasteiger partial charge in [-0.05, 0) is 50.1 Å². The first-order valence-corrected chi connectivity index (χ1v) is 11.3. The second-order valence-electron chi connectivity index (χ2n) is 7.26. The molecular weight excluding hydrogens is 396 g/mol. The lowest BCUT2D eigenvalue weighted by atomic mass is 10.1. The van der Waals surface area contributed by atoms with E-state index in [1.807, 2.05) is 43.5 Å². The van der Waals surface area contributed by atoms with Crippen molar-refractivity contribution >= 4 is 22.7 Å². The standard InChI is InChI=1S/C23H24N4O2S/c1-2-28-17-9-11-18(12-10-17)29-13-14-30-23-26-25-22(27(23)16-7-8-16)20-15-24-21-6-4-3-5-19(20)21/h3-6,9-12,15-16,24H,2,7-8,13-14H2,1H3. The summed E-state index contributed by atoms with van der Waals surface area (Å²) >= 11 is 1.70. The third-order valence-electron chi connectivity index (χ3n) is 5.12. The van der Waals surface area contributed by atoms with Gasteiger partial charge >= 0.3 is 0 Å². The summed E-state index contributed by atoms with van der Waals surface area (Å²) in [6.07, 6.45) is 4.41. The molecular formula is C23H24N4O2S. The Hall–Kier alpha value is -2.93. The van der Waals surface area contributed by atoms with Crippen LogP contribution >= 0.6 is 11.8 Å². The van der Waals surface area contributed by atoms with Crippen LogP contribution in [0.5, 0.6) is 11.5 Å². The molecule has 1 fully saturated rings. The largest absolute Gasteiger partial charge is 0.494 e. The van der Waals surface area contributed by atoms with Gasteiger partial charge in [-0.3, -0.25) is 4.57 Å². The van der Waals surface area contributed by atoms with Gasteiger partial charge < -0.3 is 14.5 Å².